The average Bonchev–Trinajstić information content (AvgIpc) is 2.43. The third-order valence-corrected chi connectivity index (χ3v) is 17.1. The van der Waals surface area contributed by atoms with Crippen LogP contribution in [0.1, 0.15) is 47.5 Å². The highest BCUT2D eigenvalue weighted by atomic mass is 28.4. The van der Waals surface area contributed by atoms with Gasteiger partial charge in [0.15, 0.2) is 16.6 Å². The fourth-order valence-corrected chi connectivity index (χ4v) is 9.72. The molecule has 3 nitrogen and oxygen atoms in total. The van der Waals surface area contributed by atoms with Crippen LogP contribution in [-0.2, 0) is 8.85 Å². The van der Waals surface area contributed by atoms with E-state index in [0.29, 0.717) is 5.04 Å². The maximum atomic E-state index is 6.04. The summed E-state index contributed by atoms with van der Waals surface area (Å²) in [5.74, 6) is 0. The van der Waals surface area contributed by atoms with Gasteiger partial charge in [-0.3, -0.25) is 0 Å². The Bertz CT molecular complexity index is 369. The van der Waals surface area contributed by atoms with Gasteiger partial charge in [-0.25, -0.2) is 0 Å². The summed E-state index contributed by atoms with van der Waals surface area (Å²) < 4.78 is 14.9. The van der Waals surface area contributed by atoms with E-state index in [2.05, 4.69) is 78.5 Å². The van der Waals surface area contributed by atoms with Crippen LogP contribution in [0.25, 0.3) is 0 Å². The Morgan fingerprint density at radius 3 is 1.31 bits per heavy atom. The van der Waals surface area contributed by atoms with Crippen LogP contribution in [0.4, 0.5) is 0 Å². The van der Waals surface area contributed by atoms with Crippen molar-refractivity contribution in [2.45, 2.75) is 104 Å². The minimum absolute atomic E-state index is 0.396. The zero-order valence-electron chi connectivity index (χ0n) is 19.9. The molecule has 0 bridgehead atoms. The molecule has 26 heavy (non-hydrogen) atoms. The van der Waals surface area contributed by atoms with Gasteiger partial charge in [-0.15, -0.1) is 0 Å². The first-order valence-electron chi connectivity index (χ1n) is 10.7. The van der Waals surface area contributed by atoms with Gasteiger partial charge in [0.1, 0.15) is 8.24 Å². The Labute approximate surface area is 168 Å². The molecule has 0 saturated heterocycles. The van der Waals surface area contributed by atoms with Crippen LogP contribution in [-0.4, -0.2) is 55.7 Å². The number of rotatable bonds is 13. The standard InChI is InChI=1S/C20H49NO2Si3/c1-12-22-24(6,7)18-14-16-21(26(10,11)20(3,4)5)17-15-19-25(8,9)23-13-2/h12-19H2,1-11H3. The summed E-state index contributed by atoms with van der Waals surface area (Å²) in [6, 6.07) is 2.54. The highest BCUT2D eigenvalue weighted by Crippen LogP contribution is 2.38. The predicted octanol–water partition coefficient (Wildman–Crippen LogP) is 6.56. The molecule has 0 aliphatic carbocycles. The molecular weight excluding hydrogens is 370 g/mol. The second-order valence-corrected chi connectivity index (χ2v) is 24.3. The summed E-state index contributed by atoms with van der Waals surface area (Å²) in [5.41, 5.74) is 0. The highest BCUT2D eigenvalue weighted by molar-refractivity contribution is 6.77. The predicted molar refractivity (Wildman–Crippen MR) is 126 cm³/mol. The molecule has 0 aromatic carbocycles. The highest BCUT2D eigenvalue weighted by Gasteiger charge is 2.40. The van der Waals surface area contributed by atoms with Gasteiger partial charge in [-0.2, -0.15) is 0 Å². The van der Waals surface area contributed by atoms with Gasteiger partial charge in [-0.05, 0) is 83.1 Å². The van der Waals surface area contributed by atoms with Crippen molar-refractivity contribution in [3.05, 3.63) is 0 Å². The van der Waals surface area contributed by atoms with Crippen molar-refractivity contribution in [1.29, 1.82) is 0 Å². The Kier molecular flexibility index (Phi) is 11.1. The van der Waals surface area contributed by atoms with Gasteiger partial charge in [0.25, 0.3) is 0 Å². The van der Waals surface area contributed by atoms with Crippen LogP contribution in [0.2, 0.25) is 56.4 Å². The maximum absolute atomic E-state index is 6.04. The molecule has 158 valence electrons. The van der Waals surface area contributed by atoms with Gasteiger partial charge in [0, 0.05) is 13.2 Å². The Morgan fingerprint density at radius 1 is 0.692 bits per heavy atom. The van der Waals surface area contributed by atoms with Crippen LogP contribution in [0.5, 0.6) is 0 Å². The second-order valence-electron chi connectivity index (χ2n) is 10.4. The molecule has 0 aromatic heterocycles. The molecule has 0 aromatic rings. The fraction of sp³-hybridized carbons (Fsp3) is 1.00. The summed E-state index contributed by atoms with van der Waals surface area (Å²) >= 11 is 0. The van der Waals surface area contributed by atoms with E-state index in [1.807, 2.05) is 0 Å². The van der Waals surface area contributed by atoms with E-state index < -0.39 is 24.9 Å². The van der Waals surface area contributed by atoms with Crippen LogP contribution in [0.3, 0.4) is 0 Å². The Morgan fingerprint density at radius 2 is 1.04 bits per heavy atom. The third kappa shape index (κ3) is 9.64. The van der Waals surface area contributed by atoms with Crippen molar-refractivity contribution in [3.8, 4) is 0 Å². The van der Waals surface area contributed by atoms with Gasteiger partial charge in [0.2, 0.25) is 0 Å². The summed E-state index contributed by atoms with van der Waals surface area (Å²) in [6.45, 7) is 30.3. The zero-order valence-corrected chi connectivity index (χ0v) is 22.9. The zero-order chi connectivity index (χ0) is 20.6. The molecule has 0 radical (unpaired) electrons. The van der Waals surface area contributed by atoms with Gasteiger partial charge >= 0.3 is 0 Å². The largest absolute Gasteiger partial charge is 0.418 e. The minimum atomic E-state index is -1.48. The number of nitrogens with zero attached hydrogens (tertiary/aromatic N) is 1. The molecule has 0 amide bonds. The van der Waals surface area contributed by atoms with Crippen LogP contribution in [0, 0.1) is 0 Å². The molecule has 0 unspecified atom stereocenters. The van der Waals surface area contributed by atoms with E-state index in [-0.39, 0.29) is 0 Å². The molecule has 0 rings (SSSR count). The molecule has 6 heteroatoms. The quantitative estimate of drug-likeness (QED) is 0.316. The molecule has 0 aliphatic heterocycles. The van der Waals surface area contributed by atoms with Crippen molar-refractivity contribution >= 4 is 24.9 Å². The topological polar surface area (TPSA) is 21.7 Å². The minimum Gasteiger partial charge on any atom is -0.418 e. The SMILES string of the molecule is CCO[Si](C)(C)CCCN(CCC[Si](C)(C)OCC)[Si](C)(C)C(C)(C)C. The molecule has 0 heterocycles. The summed E-state index contributed by atoms with van der Waals surface area (Å²) in [7, 11) is -4.42. The summed E-state index contributed by atoms with van der Waals surface area (Å²) in [6.07, 6.45) is 2.55. The normalized spacial score (nSPS) is 14.3. The first-order chi connectivity index (χ1) is 11.7. The number of hydrogen-bond donors (Lipinski definition) is 0. The van der Waals surface area contributed by atoms with E-state index in [1.54, 1.807) is 0 Å². The summed E-state index contributed by atoms with van der Waals surface area (Å²) in [4.78, 5) is 0. The van der Waals surface area contributed by atoms with Gasteiger partial charge in [-0.1, -0.05) is 33.9 Å². The first kappa shape index (κ1) is 26.5. The smallest absolute Gasteiger partial charge is 0.186 e. The molecule has 0 fully saturated rings. The Balaban J connectivity index is 4.88. The van der Waals surface area contributed by atoms with Crippen LogP contribution >= 0.6 is 0 Å². The Hall–Kier alpha value is 0.531. The first-order valence-corrected chi connectivity index (χ1v) is 19.9. The molecule has 0 saturated carbocycles. The lowest BCUT2D eigenvalue weighted by molar-refractivity contribution is 0.320. The van der Waals surface area contributed by atoms with Crippen molar-refractivity contribution < 1.29 is 8.85 Å². The van der Waals surface area contributed by atoms with Crippen molar-refractivity contribution in [3.63, 3.8) is 0 Å². The van der Waals surface area contributed by atoms with Crippen LogP contribution in [0.15, 0.2) is 0 Å². The maximum Gasteiger partial charge on any atom is 0.186 e. The second kappa shape index (κ2) is 10.9. The lowest BCUT2D eigenvalue weighted by atomic mass is 10.2. The van der Waals surface area contributed by atoms with E-state index >= 15 is 0 Å². The molecule has 0 N–H and O–H groups in total. The van der Waals surface area contributed by atoms with Crippen LogP contribution < -0.4 is 0 Å². The van der Waals surface area contributed by atoms with E-state index in [0.717, 1.165) is 13.2 Å². The van der Waals surface area contributed by atoms with E-state index in [1.165, 1.54) is 38.0 Å². The molecule has 0 spiro atoms. The molecule has 0 aliphatic rings. The summed E-state index contributed by atoms with van der Waals surface area (Å²) in [5, 5.41) is 0.396. The van der Waals surface area contributed by atoms with Gasteiger partial charge in [0.05, 0.1) is 0 Å². The van der Waals surface area contributed by atoms with Gasteiger partial charge < -0.3 is 13.4 Å². The van der Waals surface area contributed by atoms with Crippen molar-refractivity contribution in [1.82, 2.24) is 4.57 Å². The number of hydrogen-bond acceptors (Lipinski definition) is 3. The molecule has 0 atom stereocenters. The van der Waals surface area contributed by atoms with Crippen molar-refractivity contribution in [2.75, 3.05) is 26.3 Å². The lowest BCUT2D eigenvalue weighted by Crippen LogP contribution is -2.55. The third-order valence-electron chi connectivity index (χ3n) is 6.11. The average molecular weight is 420 g/mol. The monoisotopic (exact) mass is 419 g/mol. The van der Waals surface area contributed by atoms with E-state index in [4.69, 9.17) is 8.85 Å². The molecular formula is C20H49NO2Si3. The van der Waals surface area contributed by atoms with E-state index in [9.17, 15) is 0 Å². The lowest BCUT2D eigenvalue weighted by Gasteiger charge is -2.46. The van der Waals surface area contributed by atoms with Crippen molar-refractivity contribution in [2.24, 2.45) is 0 Å². The fourth-order valence-electron chi connectivity index (χ4n) is 3.46.